The first-order valence-electron chi connectivity index (χ1n) is 9.49. The molecule has 0 spiro atoms. The fourth-order valence-corrected chi connectivity index (χ4v) is 3.34. The molecule has 9 heteroatoms. The molecule has 0 amide bonds. The predicted octanol–water partition coefficient (Wildman–Crippen LogP) is 2.92. The standard InChI is InChI=1S/C21H24F3N3O3/c1-26(12-15-6-8-17(9-7-15)30-11-10-28)13-16(29)14-27-19-5-3-2-4-18(19)25-20(27)21(22,23)24/h2-9,16,28-29H,10-14H2,1H3. The Morgan fingerprint density at radius 2 is 1.83 bits per heavy atom. The summed E-state index contributed by atoms with van der Waals surface area (Å²) in [4.78, 5) is 5.53. The summed E-state index contributed by atoms with van der Waals surface area (Å²) >= 11 is 0. The molecule has 1 atom stereocenters. The normalized spacial score (nSPS) is 13.2. The second-order valence-electron chi connectivity index (χ2n) is 7.10. The number of rotatable bonds is 9. The lowest BCUT2D eigenvalue weighted by atomic mass is 10.2. The van der Waals surface area contributed by atoms with Crippen molar-refractivity contribution in [2.75, 3.05) is 26.8 Å². The number of alkyl halides is 3. The van der Waals surface area contributed by atoms with Gasteiger partial charge in [0.05, 0.1) is 30.3 Å². The minimum absolute atomic E-state index is 0.0648. The second-order valence-corrected chi connectivity index (χ2v) is 7.10. The number of hydrogen-bond donors (Lipinski definition) is 2. The van der Waals surface area contributed by atoms with Crippen LogP contribution in [0.3, 0.4) is 0 Å². The maximum absolute atomic E-state index is 13.4. The van der Waals surface area contributed by atoms with Gasteiger partial charge in [0, 0.05) is 13.1 Å². The Morgan fingerprint density at radius 1 is 1.13 bits per heavy atom. The van der Waals surface area contributed by atoms with E-state index in [1.165, 1.54) is 6.07 Å². The lowest BCUT2D eigenvalue weighted by Crippen LogP contribution is -2.32. The number of imidazole rings is 1. The third-order valence-electron chi connectivity index (χ3n) is 4.56. The number of likely N-dealkylation sites (N-methyl/N-ethyl adjacent to an activating group) is 1. The number of benzene rings is 2. The monoisotopic (exact) mass is 423 g/mol. The smallest absolute Gasteiger partial charge is 0.449 e. The fourth-order valence-electron chi connectivity index (χ4n) is 3.34. The van der Waals surface area contributed by atoms with Crippen molar-refractivity contribution in [3.8, 4) is 5.75 Å². The molecule has 162 valence electrons. The summed E-state index contributed by atoms with van der Waals surface area (Å²) in [5.74, 6) is -0.369. The first-order chi connectivity index (χ1) is 14.3. The van der Waals surface area contributed by atoms with Gasteiger partial charge in [0.1, 0.15) is 12.4 Å². The summed E-state index contributed by atoms with van der Waals surface area (Å²) in [7, 11) is 1.79. The first-order valence-corrected chi connectivity index (χ1v) is 9.49. The van der Waals surface area contributed by atoms with Crippen LogP contribution < -0.4 is 4.74 Å². The summed E-state index contributed by atoms with van der Waals surface area (Å²) in [6.07, 6.45) is -5.62. The molecule has 2 N–H and O–H groups in total. The summed E-state index contributed by atoms with van der Waals surface area (Å²) in [5.41, 5.74) is 1.55. The Morgan fingerprint density at radius 3 is 2.50 bits per heavy atom. The fraction of sp³-hybridized carbons (Fsp3) is 0.381. The van der Waals surface area contributed by atoms with Gasteiger partial charge in [0.15, 0.2) is 0 Å². The zero-order valence-electron chi connectivity index (χ0n) is 16.5. The molecule has 3 aromatic rings. The molecule has 6 nitrogen and oxygen atoms in total. The van der Waals surface area contributed by atoms with Crippen LogP contribution >= 0.6 is 0 Å². The van der Waals surface area contributed by atoms with Gasteiger partial charge in [0.25, 0.3) is 0 Å². The molecule has 1 unspecified atom stereocenters. The van der Waals surface area contributed by atoms with Crippen LogP contribution in [0.1, 0.15) is 11.4 Å². The molecule has 0 aliphatic heterocycles. The molecule has 3 rings (SSSR count). The van der Waals surface area contributed by atoms with Crippen molar-refractivity contribution in [1.82, 2.24) is 14.5 Å². The van der Waals surface area contributed by atoms with E-state index in [0.29, 0.717) is 17.8 Å². The van der Waals surface area contributed by atoms with Gasteiger partial charge in [-0.05, 0) is 36.9 Å². The van der Waals surface area contributed by atoms with Gasteiger partial charge in [0.2, 0.25) is 5.82 Å². The zero-order chi connectivity index (χ0) is 21.7. The third-order valence-corrected chi connectivity index (χ3v) is 4.56. The van der Waals surface area contributed by atoms with Gasteiger partial charge < -0.3 is 19.5 Å². The Bertz CT molecular complexity index is 958. The van der Waals surface area contributed by atoms with Crippen molar-refractivity contribution in [2.24, 2.45) is 0 Å². The second kappa shape index (κ2) is 9.46. The molecular formula is C21H24F3N3O3. The number of halogens is 3. The van der Waals surface area contributed by atoms with Gasteiger partial charge in [-0.3, -0.25) is 4.90 Å². The Balaban J connectivity index is 1.65. The van der Waals surface area contributed by atoms with Crippen LogP contribution in [-0.2, 0) is 19.3 Å². The number of fused-ring (bicyclic) bond motifs is 1. The van der Waals surface area contributed by atoms with E-state index in [1.807, 2.05) is 17.0 Å². The number of para-hydroxylation sites is 2. The van der Waals surface area contributed by atoms with Crippen molar-refractivity contribution in [3.63, 3.8) is 0 Å². The van der Waals surface area contributed by atoms with Gasteiger partial charge in [-0.1, -0.05) is 24.3 Å². The Kier molecular flexibility index (Phi) is 6.96. The average Bonchev–Trinajstić information content (AvgIpc) is 3.06. The van der Waals surface area contributed by atoms with Gasteiger partial charge in [-0.25, -0.2) is 4.98 Å². The zero-order valence-corrected chi connectivity index (χ0v) is 16.5. The summed E-state index contributed by atoms with van der Waals surface area (Å²) in [6.45, 7) is 0.632. The largest absolute Gasteiger partial charge is 0.491 e. The number of aliphatic hydroxyl groups excluding tert-OH is 2. The van der Waals surface area contributed by atoms with Crippen LogP contribution in [0.4, 0.5) is 13.2 Å². The first kappa shape index (κ1) is 22.1. The maximum Gasteiger partial charge on any atom is 0.449 e. The van der Waals surface area contributed by atoms with E-state index in [4.69, 9.17) is 9.84 Å². The van der Waals surface area contributed by atoms with E-state index in [0.717, 1.165) is 10.1 Å². The van der Waals surface area contributed by atoms with E-state index in [9.17, 15) is 18.3 Å². The van der Waals surface area contributed by atoms with E-state index >= 15 is 0 Å². The number of aromatic nitrogens is 2. The highest BCUT2D eigenvalue weighted by Gasteiger charge is 2.37. The van der Waals surface area contributed by atoms with Crippen molar-refractivity contribution >= 4 is 11.0 Å². The predicted molar refractivity (Wildman–Crippen MR) is 106 cm³/mol. The van der Waals surface area contributed by atoms with Crippen LogP contribution in [0.15, 0.2) is 48.5 Å². The molecule has 2 aromatic carbocycles. The van der Waals surface area contributed by atoms with Crippen molar-refractivity contribution < 1.29 is 28.1 Å². The van der Waals surface area contributed by atoms with Crippen LogP contribution in [0.5, 0.6) is 5.75 Å². The summed E-state index contributed by atoms with van der Waals surface area (Å²) < 4.78 is 46.5. The van der Waals surface area contributed by atoms with Crippen molar-refractivity contribution in [1.29, 1.82) is 0 Å². The highest BCUT2D eigenvalue weighted by atomic mass is 19.4. The Labute approximate surface area is 172 Å². The van der Waals surface area contributed by atoms with Gasteiger partial charge in [-0.2, -0.15) is 13.2 Å². The number of aliphatic hydroxyl groups is 2. The average molecular weight is 423 g/mol. The van der Waals surface area contributed by atoms with Gasteiger partial charge in [-0.15, -0.1) is 0 Å². The molecule has 1 heterocycles. The highest BCUT2D eigenvalue weighted by Crippen LogP contribution is 2.31. The van der Waals surface area contributed by atoms with Crippen LogP contribution in [0.2, 0.25) is 0 Å². The number of ether oxygens (including phenoxy) is 1. The quantitative estimate of drug-likeness (QED) is 0.554. The molecule has 0 bridgehead atoms. The maximum atomic E-state index is 13.4. The van der Waals surface area contributed by atoms with Crippen LogP contribution in [-0.4, -0.2) is 57.6 Å². The van der Waals surface area contributed by atoms with E-state index in [1.54, 1.807) is 37.4 Å². The van der Waals surface area contributed by atoms with Crippen molar-refractivity contribution in [2.45, 2.75) is 25.4 Å². The molecule has 0 aliphatic carbocycles. The third kappa shape index (κ3) is 5.50. The minimum atomic E-state index is -4.61. The molecule has 0 fully saturated rings. The molecule has 0 aliphatic rings. The van der Waals surface area contributed by atoms with Crippen LogP contribution in [0, 0.1) is 0 Å². The number of nitrogens with zero attached hydrogens (tertiary/aromatic N) is 3. The molecule has 0 saturated carbocycles. The lowest BCUT2D eigenvalue weighted by Gasteiger charge is -2.22. The molecular weight excluding hydrogens is 399 g/mol. The van der Waals surface area contributed by atoms with E-state index in [-0.39, 0.29) is 31.8 Å². The summed E-state index contributed by atoms with van der Waals surface area (Å²) in [6, 6.07) is 13.6. The van der Waals surface area contributed by atoms with Gasteiger partial charge >= 0.3 is 6.18 Å². The molecule has 0 saturated heterocycles. The highest BCUT2D eigenvalue weighted by molar-refractivity contribution is 5.76. The molecule has 0 radical (unpaired) electrons. The molecule has 1 aromatic heterocycles. The number of hydrogen-bond acceptors (Lipinski definition) is 5. The topological polar surface area (TPSA) is 70.8 Å². The minimum Gasteiger partial charge on any atom is -0.491 e. The SMILES string of the molecule is CN(Cc1ccc(OCCO)cc1)CC(O)Cn1c(C(F)(F)F)nc2ccccc21. The Hall–Kier alpha value is -2.62. The molecule has 30 heavy (non-hydrogen) atoms. The lowest BCUT2D eigenvalue weighted by molar-refractivity contribution is -0.147. The van der Waals surface area contributed by atoms with E-state index in [2.05, 4.69) is 4.98 Å². The summed E-state index contributed by atoms with van der Waals surface area (Å²) in [5, 5.41) is 19.2. The van der Waals surface area contributed by atoms with Crippen LogP contribution in [0.25, 0.3) is 11.0 Å². The van der Waals surface area contributed by atoms with E-state index < -0.39 is 18.1 Å². The van der Waals surface area contributed by atoms with Crippen molar-refractivity contribution in [3.05, 3.63) is 59.9 Å².